The summed E-state index contributed by atoms with van der Waals surface area (Å²) in [6.07, 6.45) is 0.582. The van der Waals surface area contributed by atoms with E-state index in [4.69, 9.17) is 5.73 Å². The number of sulfone groups is 1. The summed E-state index contributed by atoms with van der Waals surface area (Å²) in [6, 6.07) is 1.61. The van der Waals surface area contributed by atoms with E-state index in [1.54, 1.807) is 13.0 Å². The highest BCUT2D eigenvalue weighted by Gasteiger charge is 2.38. The Hall–Kier alpha value is -1.37. The molecule has 6 nitrogen and oxygen atoms in total. The molecule has 1 aromatic heterocycles. The highest BCUT2D eigenvalue weighted by Crippen LogP contribution is 2.27. The second-order valence-electron chi connectivity index (χ2n) is 4.75. The zero-order valence-corrected chi connectivity index (χ0v) is 10.7. The van der Waals surface area contributed by atoms with Gasteiger partial charge in [0.2, 0.25) is 0 Å². The first-order valence-corrected chi connectivity index (χ1v) is 7.20. The van der Waals surface area contributed by atoms with Crippen LogP contribution in [0.15, 0.2) is 6.07 Å². The monoisotopic (exact) mass is 256 g/mol. The van der Waals surface area contributed by atoms with Crippen molar-refractivity contribution in [3.8, 4) is 0 Å². The SMILES string of the molecule is Cc1nc(N)cc(NC2(C)CCS(=O)(=O)C2)n1. The number of aromatic nitrogens is 2. The lowest BCUT2D eigenvalue weighted by Gasteiger charge is -2.24. The zero-order valence-electron chi connectivity index (χ0n) is 9.90. The van der Waals surface area contributed by atoms with E-state index in [0.29, 0.717) is 23.9 Å². The molecule has 2 rings (SSSR count). The number of hydrogen-bond donors (Lipinski definition) is 2. The lowest BCUT2D eigenvalue weighted by atomic mass is 10.0. The van der Waals surface area contributed by atoms with Crippen molar-refractivity contribution in [2.45, 2.75) is 25.8 Å². The van der Waals surface area contributed by atoms with Gasteiger partial charge in [-0.15, -0.1) is 0 Å². The van der Waals surface area contributed by atoms with Gasteiger partial charge in [-0.1, -0.05) is 0 Å². The van der Waals surface area contributed by atoms with Gasteiger partial charge in [0, 0.05) is 6.07 Å². The van der Waals surface area contributed by atoms with E-state index in [0.717, 1.165) is 0 Å². The van der Waals surface area contributed by atoms with Gasteiger partial charge in [0.25, 0.3) is 0 Å². The largest absolute Gasteiger partial charge is 0.384 e. The predicted molar refractivity (Wildman–Crippen MR) is 66.5 cm³/mol. The number of nitrogens with one attached hydrogen (secondary N) is 1. The van der Waals surface area contributed by atoms with Crippen LogP contribution in [0.4, 0.5) is 11.6 Å². The fourth-order valence-electron chi connectivity index (χ4n) is 2.07. The molecule has 0 amide bonds. The number of nitrogens with two attached hydrogens (primary N) is 1. The fraction of sp³-hybridized carbons (Fsp3) is 0.600. The van der Waals surface area contributed by atoms with Crippen molar-refractivity contribution in [2.75, 3.05) is 22.6 Å². The van der Waals surface area contributed by atoms with Crippen LogP contribution in [0.1, 0.15) is 19.2 Å². The lowest BCUT2D eigenvalue weighted by Crippen LogP contribution is -2.36. The van der Waals surface area contributed by atoms with Gasteiger partial charge in [-0.25, -0.2) is 18.4 Å². The van der Waals surface area contributed by atoms with Gasteiger partial charge >= 0.3 is 0 Å². The average molecular weight is 256 g/mol. The number of nitrogens with zero attached hydrogens (tertiary/aromatic N) is 2. The van der Waals surface area contributed by atoms with Crippen molar-refractivity contribution in [3.05, 3.63) is 11.9 Å². The van der Waals surface area contributed by atoms with E-state index in [9.17, 15) is 8.42 Å². The molecular weight excluding hydrogens is 240 g/mol. The number of hydrogen-bond acceptors (Lipinski definition) is 6. The maximum absolute atomic E-state index is 11.5. The van der Waals surface area contributed by atoms with Crippen LogP contribution in [0.5, 0.6) is 0 Å². The summed E-state index contributed by atoms with van der Waals surface area (Å²) in [7, 11) is -2.93. The quantitative estimate of drug-likeness (QED) is 0.792. The van der Waals surface area contributed by atoms with Crippen LogP contribution >= 0.6 is 0 Å². The molecule has 1 aliphatic heterocycles. The van der Waals surface area contributed by atoms with Gasteiger partial charge in [0.05, 0.1) is 17.0 Å². The summed E-state index contributed by atoms with van der Waals surface area (Å²) < 4.78 is 22.9. The summed E-state index contributed by atoms with van der Waals surface area (Å²) in [5.74, 6) is 1.87. The third kappa shape index (κ3) is 2.85. The van der Waals surface area contributed by atoms with Crippen LogP contribution in [0.25, 0.3) is 0 Å². The number of rotatable bonds is 2. The third-order valence-electron chi connectivity index (χ3n) is 2.79. The summed E-state index contributed by atoms with van der Waals surface area (Å²) in [6.45, 7) is 3.63. The van der Waals surface area contributed by atoms with Crippen molar-refractivity contribution in [3.63, 3.8) is 0 Å². The van der Waals surface area contributed by atoms with Crippen LogP contribution in [-0.2, 0) is 9.84 Å². The zero-order chi connectivity index (χ0) is 12.7. The van der Waals surface area contributed by atoms with Gasteiger partial charge in [0.15, 0.2) is 9.84 Å². The van der Waals surface area contributed by atoms with Gasteiger partial charge in [0.1, 0.15) is 17.5 Å². The molecule has 94 valence electrons. The van der Waals surface area contributed by atoms with E-state index in [-0.39, 0.29) is 11.5 Å². The smallest absolute Gasteiger partial charge is 0.152 e. The molecule has 17 heavy (non-hydrogen) atoms. The summed E-state index contributed by atoms with van der Waals surface area (Å²) >= 11 is 0. The van der Waals surface area contributed by atoms with Crippen molar-refractivity contribution in [1.29, 1.82) is 0 Å². The van der Waals surface area contributed by atoms with E-state index in [1.165, 1.54) is 0 Å². The Labute approximate surface area is 101 Å². The molecule has 0 aromatic carbocycles. The van der Waals surface area contributed by atoms with Crippen LogP contribution in [-0.4, -0.2) is 35.4 Å². The van der Waals surface area contributed by atoms with Crippen molar-refractivity contribution >= 4 is 21.5 Å². The minimum Gasteiger partial charge on any atom is -0.384 e. The molecule has 0 bridgehead atoms. The summed E-state index contributed by atoms with van der Waals surface area (Å²) in [5, 5.41) is 3.14. The highest BCUT2D eigenvalue weighted by atomic mass is 32.2. The van der Waals surface area contributed by atoms with Crippen molar-refractivity contribution in [2.24, 2.45) is 0 Å². The molecule has 2 heterocycles. The Kier molecular flexibility index (Phi) is 2.73. The first kappa shape index (κ1) is 12.1. The maximum atomic E-state index is 11.5. The standard InChI is InChI=1S/C10H16N4O2S/c1-7-12-8(11)5-9(13-7)14-10(2)3-4-17(15,16)6-10/h5H,3-4,6H2,1-2H3,(H3,11,12,13,14). The molecule has 0 saturated carbocycles. The fourth-order valence-corrected chi connectivity index (χ4v) is 4.17. The summed E-state index contributed by atoms with van der Waals surface area (Å²) in [5.41, 5.74) is 5.15. The Morgan fingerprint density at radius 1 is 1.47 bits per heavy atom. The molecule has 0 aliphatic carbocycles. The average Bonchev–Trinajstić information content (AvgIpc) is 2.37. The van der Waals surface area contributed by atoms with Crippen molar-refractivity contribution in [1.82, 2.24) is 9.97 Å². The molecule has 1 atom stereocenters. The molecular formula is C10H16N4O2S. The normalized spacial score (nSPS) is 26.9. The molecule has 1 unspecified atom stereocenters. The van der Waals surface area contributed by atoms with E-state index in [1.807, 2.05) is 6.92 Å². The second-order valence-corrected chi connectivity index (χ2v) is 6.94. The minimum absolute atomic E-state index is 0.128. The molecule has 1 fully saturated rings. The molecule has 0 radical (unpaired) electrons. The molecule has 1 aliphatic rings. The van der Waals surface area contributed by atoms with Gasteiger partial charge in [-0.2, -0.15) is 0 Å². The van der Waals surface area contributed by atoms with E-state index < -0.39 is 15.4 Å². The first-order valence-electron chi connectivity index (χ1n) is 5.38. The van der Waals surface area contributed by atoms with Crippen LogP contribution in [0.3, 0.4) is 0 Å². The van der Waals surface area contributed by atoms with Gasteiger partial charge in [-0.05, 0) is 20.3 Å². The van der Waals surface area contributed by atoms with Crippen LogP contribution < -0.4 is 11.1 Å². The predicted octanol–water partition coefficient (Wildman–Crippen LogP) is 0.356. The first-order chi connectivity index (χ1) is 7.78. The second kappa shape index (κ2) is 3.83. The van der Waals surface area contributed by atoms with Gasteiger partial charge in [-0.3, -0.25) is 0 Å². The van der Waals surface area contributed by atoms with Gasteiger partial charge < -0.3 is 11.1 Å². The Bertz CT molecular complexity index is 523. The molecule has 1 saturated heterocycles. The lowest BCUT2D eigenvalue weighted by molar-refractivity contribution is 0.571. The third-order valence-corrected chi connectivity index (χ3v) is 4.69. The highest BCUT2D eigenvalue weighted by molar-refractivity contribution is 7.91. The molecule has 7 heteroatoms. The topological polar surface area (TPSA) is 98.0 Å². The van der Waals surface area contributed by atoms with Crippen molar-refractivity contribution < 1.29 is 8.42 Å². The number of aryl methyl sites for hydroxylation is 1. The maximum Gasteiger partial charge on any atom is 0.152 e. The Morgan fingerprint density at radius 2 is 2.18 bits per heavy atom. The van der Waals surface area contributed by atoms with E-state index in [2.05, 4.69) is 15.3 Å². The van der Waals surface area contributed by atoms with Crippen LogP contribution in [0.2, 0.25) is 0 Å². The van der Waals surface area contributed by atoms with E-state index >= 15 is 0 Å². The Balaban J connectivity index is 2.21. The summed E-state index contributed by atoms with van der Waals surface area (Å²) in [4.78, 5) is 8.16. The molecule has 1 aromatic rings. The minimum atomic E-state index is -2.93. The van der Waals surface area contributed by atoms with Crippen LogP contribution in [0, 0.1) is 6.92 Å². The Morgan fingerprint density at radius 3 is 2.71 bits per heavy atom. The molecule has 0 spiro atoms. The molecule has 3 N–H and O–H groups in total. The number of anilines is 2. The number of nitrogen functional groups attached to an aromatic ring is 1.